The highest BCUT2D eigenvalue weighted by Crippen LogP contribution is 2.52. The van der Waals surface area contributed by atoms with Gasteiger partial charge in [0.2, 0.25) is 17.7 Å². The molecule has 4 atom stereocenters. The molecule has 3 amide bonds. The van der Waals surface area contributed by atoms with Crippen LogP contribution in [0.3, 0.4) is 0 Å². The van der Waals surface area contributed by atoms with Gasteiger partial charge in [-0.2, -0.15) is 0 Å². The Morgan fingerprint density at radius 3 is 2.67 bits per heavy atom. The van der Waals surface area contributed by atoms with E-state index in [1.807, 2.05) is 12.2 Å². The Labute approximate surface area is 193 Å². The second-order valence-corrected chi connectivity index (χ2v) is 9.15. The van der Waals surface area contributed by atoms with Gasteiger partial charge in [0.15, 0.2) is 0 Å². The third kappa shape index (κ3) is 4.16. The fourth-order valence-corrected chi connectivity index (χ4v) is 5.40. The molecule has 176 valence electrons. The number of ether oxygens (including phenoxy) is 2. The number of nitrogens with one attached hydrogen (secondary N) is 2. The van der Waals surface area contributed by atoms with Crippen LogP contribution in [-0.2, 0) is 23.9 Å². The molecule has 2 bridgehead atoms. The second kappa shape index (κ2) is 8.89. The minimum Gasteiger partial charge on any atom is -0.379 e. The van der Waals surface area contributed by atoms with Crippen molar-refractivity contribution in [3.63, 3.8) is 0 Å². The lowest BCUT2D eigenvalue weighted by atomic mass is 9.77. The van der Waals surface area contributed by atoms with Crippen LogP contribution >= 0.6 is 0 Å². The molecule has 2 N–H and O–H groups in total. The van der Waals surface area contributed by atoms with E-state index in [-0.39, 0.29) is 23.8 Å². The van der Waals surface area contributed by atoms with E-state index in [1.54, 1.807) is 29.2 Å². The van der Waals surface area contributed by atoms with E-state index in [0.29, 0.717) is 18.8 Å². The van der Waals surface area contributed by atoms with Crippen LogP contribution in [0.15, 0.2) is 36.4 Å². The zero-order chi connectivity index (χ0) is 23.0. The molecule has 5 rings (SSSR count). The summed E-state index contributed by atoms with van der Waals surface area (Å²) in [5.41, 5.74) is 0.638. The number of carbonyl (C=O) groups excluding carboxylic acids is 3. The van der Waals surface area contributed by atoms with Gasteiger partial charge in [-0.1, -0.05) is 12.2 Å². The van der Waals surface area contributed by atoms with Crippen LogP contribution < -0.4 is 15.5 Å². The molecule has 0 saturated carbocycles. The Bertz CT molecular complexity index is 958. The molecule has 9 heteroatoms. The molecular formula is C24H30N4O5. The Balaban J connectivity index is 1.22. The number of fused-ring (bicyclic) bond motifs is 1. The lowest BCUT2D eigenvalue weighted by Crippen LogP contribution is -2.45. The molecule has 1 spiro atoms. The van der Waals surface area contributed by atoms with Crippen molar-refractivity contribution in [2.45, 2.75) is 25.0 Å². The van der Waals surface area contributed by atoms with Gasteiger partial charge in [0.25, 0.3) is 0 Å². The molecule has 4 heterocycles. The fourth-order valence-electron chi connectivity index (χ4n) is 5.40. The van der Waals surface area contributed by atoms with Gasteiger partial charge in [0, 0.05) is 37.9 Å². The van der Waals surface area contributed by atoms with Crippen LogP contribution in [0.4, 0.5) is 11.4 Å². The zero-order valence-corrected chi connectivity index (χ0v) is 18.8. The van der Waals surface area contributed by atoms with Crippen molar-refractivity contribution in [3.05, 3.63) is 36.4 Å². The number of amides is 3. The molecule has 0 aliphatic carbocycles. The number of anilines is 2. The van der Waals surface area contributed by atoms with E-state index in [4.69, 9.17) is 9.47 Å². The van der Waals surface area contributed by atoms with Crippen LogP contribution in [0, 0.1) is 11.8 Å². The van der Waals surface area contributed by atoms with Crippen LogP contribution in [0.1, 0.15) is 13.3 Å². The SMILES string of the molecule is CC(=O)Nc1ccc(N2C[C@]34C=C[C@@H](O3)[C@H](C(=O)NCCCN3CCOCC3)[C@@H]4C2=O)cc1. The van der Waals surface area contributed by atoms with Crippen molar-refractivity contribution in [2.75, 3.05) is 56.2 Å². The first-order valence-electron chi connectivity index (χ1n) is 11.6. The highest BCUT2D eigenvalue weighted by molar-refractivity contribution is 6.03. The van der Waals surface area contributed by atoms with Gasteiger partial charge in [-0.3, -0.25) is 19.3 Å². The summed E-state index contributed by atoms with van der Waals surface area (Å²) in [5.74, 6) is -1.41. The number of hydrogen-bond donors (Lipinski definition) is 2. The number of carbonyl (C=O) groups is 3. The highest BCUT2D eigenvalue weighted by Gasteiger charge is 2.67. The van der Waals surface area contributed by atoms with Gasteiger partial charge in [0.05, 0.1) is 37.7 Å². The summed E-state index contributed by atoms with van der Waals surface area (Å²) < 4.78 is 11.6. The zero-order valence-electron chi connectivity index (χ0n) is 18.8. The van der Waals surface area contributed by atoms with E-state index >= 15 is 0 Å². The highest BCUT2D eigenvalue weighted by atomic mass is 16.5. The maximum absolute atomic E-state index is 13.4. The molecule has 33 heavy (non-hydrogen) atoms. The van der Waals surface area contributed by atoms with Gasteiger partial charge in [-0.15, -0.1) is 0 Å². The van der Waals surface area contributed by atoms with Crippen molar-refractivity contribution in [2.24, 2.45) is 11.8 Å². The van der Waals surface area contributed by atoms with Gasteiger partial charge in [0.1, 0.15) is 5.60 Å². The van der Waals surface area contributed by atoms with Crippen molar-refractivity contribution >= 4 is 29.1 Å². The summed E-state index contributed by atoms with van der Waals surface area (Å²) >= 11 is 0. The maximum Gasteiger partial charge on any atom is 0.234 e. The second-order valence-electron chi connectivity index (χ2n) is 9.15. The first-order chi connectivity index (χ1) is 16.0. The van der Waals surface area contributed by atoms with Crippen LogP contribution in [0.5, 0.6) is 0 Å². The van der Waals surface area contributed by atoms with E-state index in [9.17, 15) is 14.4 Å². The van der Waals surface area contributed by atoms with Crippen molar-refractivity contribution in [1.29, 1.82) is 0 Å². The number of nitrogens with zero attached hydrogens (tertiary/aromatic N) is 2. The Morgan fingerprint density at radius 2 is 1.94 bits per heavy atom. The van der Waals surface area contributed by atoms with Crippen LogP contribution in [0.25, 0.3) is 0 Å². The Morgan fingerprint density at radius 1 is 1.18 bits per heavy atom. The van der Waals surface area contributed by atoms with Crippen LogP contribution in [0.2, 0.25) is 0 Å². The predicted octanol–water partition coefficient (Wildman–Crippen LogP) is 0.770. The van der Waals surface area contributed by atoms with Crippen molar-refractivity contribution in [3.8, 4) is 0 Å². The number of hydrogen-bond acceptors (Lipinski definition) is 6. The average Bonchev–Trinajstić information content (AvgIpc) is 3.46. The summed E-state index contributed by atoms with van der Waals surface area (Å²) in [7, 11) is 0. The average molecular weight is 455 g/mol. The number of morpholine rings is 1. The summed E-state index contributed by atoms with van der Waals surface area (Å²) in [6.45, 7) is 6.70. The van der Waals surface area contributed by atoms with E-state index in [2.05, 4.69) is 15.5 Å². The topological polar surface area (TPSA) is 100 Å². The van der Waals surface area contributed by atoms with Crippen molar-refractivity contribution in [1.82, 2.24) is 10.2 Å². The molecule has 1 aromatic rings. The first kappa shape index (κ1) is 22.1. The smallest absolute Gasteiger partial charge is 0.234 e. The molecule has 1 aromatic carbocycles. The molecule has 0 radical (unpaired) electrons. The van der Waals surface area contributed by atoms with E-state index in [1.165, 1.54) is 6.92 Å². The molecule has 9 nitrogen and oxygen atoms in total. The summed E-state index contributed by atoms with van der Waals surface area (Å²) in [5, 5.41) is 5.76. The number of rotatable bonds is 7. The minimum atomic E-state index is -0.756. The van der Waals surface area contributed by atoms with Gasteiger partial charge in [-0.25, -0.2) is 0 Å². The standard InChI is InChI=1S/C24H30N4O5/c1-16(29)26-17-3-5-18(6-4-17)28-15-24-8-7-19(33-24)20(21(24)23(28)31)22(30)25-9-2-10-27-11-13-32-14-12-27/h3-8,19-21H,2,9-15H2,1H3,(H,25,30)(H,26,29)/t19-,20+,21-,24+/m1/s1. The predicted molar refractivity (Wildman–Crippen MR) is 122 cm³/mol. The van der Waals surface area contributed by atoms with E-state index in [0.717, 1.165) is 45.0 Å². The third-order valence-corrected chi connectivity index (χ3v) is 6.96. The Hall–Kier alpha value is -2.75. The summed E-state index contributed by atoms with van der Waals surface area (Å²) in [6, 6.07) is 7.14. The maximum atomic E-state index is 13.4. The lowest BCUT2D eigenvalue weighted by Gasteiger charge is -2.27. The van der Waals surface area contributed by atoms with Gasteiger partial charge in [-0.05, 0) is 37.2 Å². The molecule has 0 unspecified atom stereocenters. The molecular weight excluding hydrogens is 424 g/mol. The molecule has 4 aliphatic heterocycles. The minimum absolute atomic E-state index is 0.0948. The normalized spacial score (nSPS) is 30.5. The van der Waals surface area contributed by atoms with Crippen molar-refractivity contribution < 1.29 is 23.9 Å². The fraction of sp³-hybridized carbons (Fsp3) is 0.542. The quantitative estimate of drug-likeness (QED) is 0.466. The number of benzene rings is 1. The van der Waals surface area contributed by atoms with Gasteiger partial charge >= 0.3 is 0 Å². The van der Waals surface area contributed by atoms with Crippen LogP contribution in [-0.4, -0.2) is 80.3 Å². The lowest BCUT2D eigenvalue weighted by molar-refractivity contribution is -0.131. The largest absolute Gasteiger partial charge is 0.379 e. The Kier molecular flexibility index (Phi) is 5.94. The molecule has 3 saturated heterocycles. The summed E-state index contributed by atoms with van der Waals surface area (Å²) in [4.78, 5) is 41.8. The third-order valence-electron chi connectivity index (χ3n) is 6.96. The molecule has 3 fully saturated rings. The molecule has 0 aromatic heterocycles. The first-order valence-corrected chi connectivity index (χ1v) is 11.6. The summed E-state index contributed by atoms with van der Waals surface area (Å²) in [6.07, 6.45) is 4.37. The van der Waals surface area contributed by atoms with Gasteiger partial charge < -0.3 is 25.0 Å². The molecule has 4 aliphatic rings. The van der Waals surface area contributed by atoms with E-state index < -0.39 is 17.4 Å². The monoisotopic (exact) mass is 454 g/mol.